The molecule has 6 nitrogen and oxygen atoms in total. The minimum Gasteiger partial charge on any atom is -0.483 e. The first-order valence-electron chi connectivity index (χ1n) is 8.48. The van der Waals surface area contributed by atoms with Crippen LogP contribution in [0.15, 0.2) is 42.5 Å². The van der Waals surface area contributed by atoms with Gasteiger partial charge < -0.3 is 19.7 Å². The number of nitrogens with one attached hydrogen (secondary N) is 1. The lowest BCUT2D eigenvalue weighted by atomic mass is 10.1. The molecule has 26 heavy (non-hydrogen) atoms. The first-order valence-corrected chi connectivity index (χ1v) is 8.48. The second-order valence-electron chi connectivity index (χ2n) is 6.20. The predicted molar refractivity (Wildman–Crippen MR) is 98.7 cm³/mol. The molecule has 0 aliphatic carbocycles. The van der Waals surface area contributed by atoms with E-state index in [2.05, 4.69) is 5.32 Å². The van der Waals surface area contributed by atoms with Crippen LogP contribution >= 0.6 is 0 Å². The summed E-state index contributed by atoms with van der Waals surface area (Å²) < 4.78 is 11.5. The number of para-hydroxylation sites is 3. The molecule has 1 atom stereocenters. The normalized spacial score (nSPS) is 15.7. The molecule has 136 valence electrons. The van der Waals surface area contributed by atoms with Gasteiger partial charge in [0.05, 0.1) is 12.2 Å². The SMILES string of the molecule is CNC(=O)C1CN(C(=O)COc2c(C)cccc2C)c2ccccc2O1. The van der Waals surface area contributed by atoms with Gasteiger partial charge in [0.2, 0.25) is 0 Å². The molecular formula is C20H22N2O4. The lowest BCUT2D eigenvalue weighted by Crippen LogP contribution is -2.51. The largest absolute Gasteiger partial charge is 0.483 e. The molecule has 2 aromatic rings. The predicted octanol–water partition coefficient (Wildman–Crippen LogP) is 2.22. The van der Waals surface area contributed by atoms with Crippen LogP contribution in [0, 0.1) is 13.8 Å². The van der Waals surface area contributed by atoms with Crippen LogP contribution in [0.2, 0.25) is 0 Å². The van der Waals surface area contributed by atoms with Gasteiger partial charge in [0, 0.05) is 7.05 Å². The average Bonchev–Trinajstić information content (AvgIpc) is 2.65. The van der Waals surface area contributed by atoms with Crippen LogP contribution in [0.4, 0.5) is 5.69 Å². The Morgan fingerprint density at radius 3 is 2.54 bits per heavy atom. The Kier molecular flexibility index (Phi) is 5.11. The molecule has 6 heteroatoms. The van der Waals surface area contributed by atoms with Gasteiger partial charge in [-0.25, -0.2) is 0 Å². The smallest absolute Gasteiger partial charge is 0.265 e. The average molecular weight is 354 g/mol. The molecule has 1 N–H and O–H groups in total. The molecule has 2 aromatic carbocycles. The summed E-state index contributed by atoms with van der Waals surface area (Å²) in [7, 11) is 1.54. The number of hydrogen-bond acceptors (Lipinski definition) is 4. The Morgan fingerprint density at radius 2 is 1.85 bits per heavy atom. The van der Waals surface area contributed by atoms with Crippen LogP contribution in [0.5, 0.6) is 11.5 Å². The van der Waals surface area contributed by atoms with Crippen LogP contribution in [0.3, 0.4) is 0 Å². The van der Waals surface area contributed by atoms with Gasteiger partial charge in [-0.2, -0.15) is 0 Å². The number of likely N-dealkylation sites (N-methyl/N-ethyl adjacent to an activating group) is 1. The fourth-order valence-electron chi connectivity index (χ4n) is 3.01. The van der Waals surface area contributed by atoms with E-state index in [1.54, 1.807) is 30.1 Å². The second kappa shape index (κ2) is 7.47. The molecule has 0 aromatic heterocycles. The number of fused-ring (bicyclic) bond motifs is 1. The van der Waals surface area contributed by atoms with Crippen molar-refractivity contribution in [2.24, 2.45) is 0 Å². The molecule has 0 spiro atoms. The zero-order chi connectivity index (χ0) is 18.7. The van der Waals surface area contributed by atoms with E-state index >= 15 is 0 Å². The summed E-state index contributed by atoms with van der Waals surface area (Å²) in [6.07, 6.45) is -0.751. The summed E-state index contributed by atoms with van der Waals surface area (Å²) in [6.45, 7) is 3.92. The third kappa shape index (κ3) is 3.49. The Balaban J connectivity index is 1.80. The van der Waals surface area contributed by atoms with Crippen molar-refractivity contribution in [2.45, 2.75) is 20.0 Å². The maximum absolute atomic E-state index is 12.8. The van der Waals surface area contributed by atoms with E-state index < -0.39 is 6.10 Å². The van der Waals surface area contributed by atoms with Gasteiger partial charge >= 0.3 is 0 Å². The number of hydrogen-bond donors (Lipinski definition) is 1. The number of aryl methyl sites for hydroxylation is 2. The Labute approximate surface area is 152 Å². The number of ether oxygens (including phenoxy) is 2. The van der Waals surface area contributed by atoms with E-state index in [1.807, 2.05) is 38.1 Å². The molecule has 1 aliphatic rings. The summed E-state index contributed by atoms with van der Waals surface area (Å²) >= 11 is 0. The Morgan fingerprint density at radius 1 is 1.15 bits per heavy atom. The zero-order valence-electron chi connectivity index (χ0n) is 15.1. The first-order chi connectivity index (χ1) is 12.5. The van der Waals surface area contributed by atoms with Gasteiger partial charge in [0.15, 0.2) is 12.7 Å². The van der Waals surface area contributed by atoms with Crippen molar-refractivity contribution in [1.29, 1.82) is 0 Å². The van der Waals surface area contributed by atoms with Gasteiger partial charge in [-0.15, -0.1) is 0 Å². The van der Waals surface area contributed by atoms with Gasteiger partial charge in [-0.3, -0.25) is 9.59 Å². The van der Waals surface area contributed by atoms with Crippen LogP contribution in [-0.2, 0) is 9.59 Å². The number of nitrogens with zero attached hydrogens (tertiary/aromatic N) is 1. The molecule has 1 unspecified atom stereocenters. The molecule has 2 amide bonds. The van der Waals surface area contributed by atoms with Gasteiger partial charge in [-0.1, -0.05) is 30.3 Å². The molecule has 3 rings (SSSR count). The highest BCUT2D eigenvalue weighted by Crippen LogP contribution is 2.33. The van der Waals surface area contributed by atoms with E-state index in [-0.39, 0.29) is 25.0 Å². The van der Waals surface area contributed by atoms with Gasteiger partial charge in [-0.05, 0) is 37.1 Å². The second-order valence-corrected chi connectivity index (χ2v) is 6.20. The summed E-state index contributed by atoms with van der Waals surface area (Å²) in [4.78, 5) is 26.4. The highest BCUT2D eigenvalue weighted by molar-refractivity contribution is 5.98. The lowest BCUT2D eigenvalue weighted by Gasteiger charge is -2.34. The fraction of sp³-hybridized carbons (Fsp3) is 0.300. The minimum absolute atomic E-state index is 0.111. The summed E-state index contributed by atoms with van der Waals surface area (Å²) in [6, 6.07) is 13.0. The number of carbonyl (C=O) groups excluding carboxylic acids is 2. The Bertz CT molecular complexity index is 814. The summed E-state index contributed by atoms with van der Waals surface area (Å²) in [5.41, 5.74) is 2.59. The number of carbonyl (C=O) groups is 2. The molecule has 0 saturated carbocycles. The van der Waals surface area contributed by atoms with Crippen LogP contribution in [0.1, 0.15) is 11.1 Å². The van der Waals surface area contributed by atoms with Crippen molar-refractivity contribution >= 4 is 17.5 Å². The van der Waals surface area contributed by atoms with E-state index in [1.165, 1.54) is 0 Å². The fourth-order valence-corrected chi connectivity index (χ4v) is 3.01. The van der Waals surface area contributed by atoms with Crippen molar-refractivity contribution < 1.29 is 19.1 Å². The zero-order valence-corrected chi connectivity index (χ0v) is 15.1. The number of anilines is 1. The number of rotatable bonds is 4. The van der Waals surface area contributed by atoms with Crippen molar-refractivity contribution in [2.75, 3.05) is 25.1 Å². The van der Waals surface area contributed by atoms with Gasteiger partial charge in [0.1, 0.15) is 11.5 Å². The lowest BCUT2D eigenvalue weighted by molar-refractivity contribution is -0.128. The quantitative estimate of drug-likeness (QED) is 0.914. The van der Waals surface area contributed by atoms with Crippen molar-refractivity contribution in [3.05, 3.63) is 53.6 Å². The van der Waals surface area contributed by atoms with Crippen molar-refractivity contribution in [1.82, 2.24) is 5.32 Å². The molecule has 0 radical (unpaired) electrons. The standard InChI is InChI=1S/C20H22N2O4/c1-13-7-6-8-14(2)19(13)25-12-18(23)22-11-17(20(24)21-3)26-16-10-5-4-9-15(16)22/h4-10,17H,11-12H2,1-3H3,(H,21,24). The molecule has 0 saturated heterocycles. The van der Waals surface area contributed by atoms with E-state index in [0.717, 1.165) is 11.1 Å². The molecule has 0 fully saturated rings. The monoisotopic (exact) mass is 354 g/mol. The van der Waals surface area contributed by atoms with Crippen molar-refractivity contribution in [3.63, 3.8) is 0 Å². The molecule has 0 bridgehead atoms. The maximum Gasteiger partial charge on any atom is 0.265 e. The first kappa shape index (κ1) is 17.8. The van der Waals surface area contributed by atoms with E-state index in [9.17, 15) is 9.59 Å². The molecule has 1 heterocycles. The van der Waals surface area contributed by atoms with E-state index in [0.29, 0.717) is 17.2 Å². The van der Waals surface area contributed by atoms with Crippen LogP contribution in [0.25, 0.3) is 0 Å². The third-order valence-corrected chi connectivity index (χ3v) is 4.36. The highest BCUT2D eigenvalue weighted by Gasteiger charge is 2.33. The highest BCUT2D eigenvalue weighted by atomic mass is 16.5. The Hall–Kier alpha value is -3.02. The third-order valence-electron chi connectivity index (χ3n) is 4.36. The minimum atomic E-state index is -0.751. The van der Waals surface area contributed by atoms with Crippen LogP contribution < -0.4 is 19.7 Å². The summed E-state index contributed by atoms with van der Waals surface area (Å²) in [5.74, 6) is 0.725. The number of benzene rings is 2. The maximum atomic E-state index is 12.8. The van der Waals surface area contributed by atoms with Crippen molar-refractivity contribution in [3.8, 4) is 11.5 Å². The topological polar surface area (TPSA) is 67.9 Å². The summed E-state index contributed by atoms with van der Waals surface area (Å²) in [5, 5.41) is 2.56. The molecular weight excluding hydrogens is 332 g/mol. The van der Waals surface area contributed by atoms with Crippen LogP contribution in [-0.4, -0.2) is 38.1 Å². The number of amides is 2. The van der Waals surface area contributed by atoms with Gasteiger partial charge in [0.25, 0.3) is 11.8 Å². The van der Waals surface area contributed by atoms with E-state index in [4.69, 9.17) is 9.47 Å². The molecule has 1 aliphatic heterocycles.